The molecule has 27 heavy (non-hydrogen) atoms. The fraction of sp³-hybridized carbons (Fsp3) is 0.158. The zero-order valence-corrected chi connectivity index (χ0v) is 15.3. The molecule has 0 saturated carbocycles. The van der Waals surface area contributed by atoms with Crippen molar-refractivity contribution >= 4 is 29.0 Å². The number of hydrogen-bond donors (Lipinski definition) is 3. The Morgan fingerprint density at radius 1 is 0.963 bits per heavy atom. The smallest absolute Gasteiger partial charge is 0.280 e. The number of anilines is 3. The lowest BCUT2D eigenvalue weighted by Gasteiger charge is -2.07. The number of aryl methyl sites for hydroxylation is 2. The van der Waals surface area contributed by atoms with Gasteiger partial charge < -0.3 is 16.4 Å². The molecule has 0 aliphatic rings. The van der Waals surface area contributed by atoms with Gasteiger partial charge in [0, 0.05) is 18.3 Å². The Labute approximate surface area is 156 Å². The van der Waals surface area contributed by atoms with Crippen LogP contribution >= 0.6 is 0 Å². The topological polar surface area (TPSA) is 115 Å². The van der Waals surface area contributed by atoms with E-state index in [9.17, 15) is 9.59 Å². The zero-order chi connectivity index (χ0) is 19.6. The number of aromatic nitrogens is 3. The van der Waals surface area contributed by atoms with Crippen LogP contribution in [-0.2, 0) is 4.79 Å². The number of amides is 2. The molecule has 2 aromatic carbocycles. The summed E-state index contributed by atoms with van der Waals surface area (Å²) in [6, 6.07) is 12.6. The van der Waals surface area contributed by atoms with Crippen molar-refractivity contribution in [2.24, 2.45) is 0 Å². The van der Waals surface area contributed by atoms with Crippen LogP contribution in [0.4, 0.5) is 17.2 Å². The highest BCUT2D eigenvalue weighted by molar-refractivity contribution is 6.06. The number of nitrogens with two attached hydrogens (primary N) is 1. The minimum absolute atomic E-state index is 0.0418. The molecule has 2 amide bonds. The third kappa shape index (κ3) is 4.12. The lowest BCUT2D eigenvalue weighted by Crippen LogP contribution is -2.15. The number of nitrogens with zero attached hydrogens (tertiary/aromatic N) is 3. The minimum atomic E-state index is -0.463. The first-order valence-corrected chi connectivity index (χ1v) is 8.32. The molecule has 3 aromatic rings. The molecule has 138 valence electrons. The third-order valence-electron chi connectivity index (χ3n) is 3.83. The molecular weight excluding hydrogens is 344 g/mol. The maximum atomic E-state index is 12.5. The van der Waals surface area contributed by atoms with Gasteiger partial charge in [-0.15, -0.1) is 5.10 Å². The second-order valence-corrected chi connectivity index (χ2v) is 6.29. The first kappa shape index (κ1) is 18.1. The Morgan fingerprint density at radius 3 is 2.07 bits per heavy atom. The Bertz CT molecular complexity index is 987. The number of carbonyl (C=O) groups excluding carboxylic acids is 2. The standard InChI is InChI=1S/C19H20N6O2/c1-11-8-12(2)10-16(9-11)25-18(20)17(23-24-25)19(27)22-15-6-4-14(5-7-15)21-13(3)26/h4-10H,20H2,1-3H3,(H,21,26)(H,22,27). The summed E-state index contributed by atoms with van der Waals surface area (Å²) in [5, 5.41) is 13.3. The highest BCUT2D eigenvalue weighted by atomic mass is 16.2. The van der Waals surface area contributed by atoms with E-state index in [1.54, 1.807) is 24.3 Å². The summed E-state index contributed by atoms with van der Waals surface area (Å²) in [5.74, 6) is -0.467. The van der Waals surface area contributed by atoms with Crippen LogP contribution in [0.5, 0.6) is 0 Å². The van der Waals surface area contributed by atoms with Crippen molar-refractivity contribution in [2.45, 2.75) is 20.8 Å². The van der Waals surface area contributed by atoms with Crippen molar-refractivity contribution in [3.63, 3.8) is 0 Å². The summed E-state index contributed by atoms with van der Waals surface area (Å²) in [6.07, 6.45) is 0. The molecule has 0 aliphatic heterocycles. The fourth-order valence-electron chi connectivity index (χ4n) is 2.75. The van der Waals surface area contributed by atoms with E-state index in [1.165, 1.54) is 11.6 Å². The van der Waals surface area contributed by atoms with Crippen molar-refractivity contribution in [3.05, 3.63) is 59.3 Å². The van der Waals surface area contributed by atoms with Crippen molar-refractivity contribution in [3.8, 4) is 5.69 Å². The molecule has 0 fully saturated rings. The monoisotopic (exact) mass is 364 g/mol. The number of carbonyl (C=O) groups is 2. The van der Waals surface area contributed by atoms with Crippen molar-refractivity contribution in [1.82, 2.24) is 15.0 Å². The van der Waals surface area contributed by atoms with Gasteiger partial charge in [0.2, 0.25) is 5.91 Å². The first-order valence-electron chi connectivity index (χ1n) is 8.32. The fourth-order valence-corrected chi connectivity index (χ4v) is 2.75. The predicted molar refractivity (Wildman–Crippen MR) is 104 cm³/mol. The molecule has 0 atom stereocenters. The second-order valence-electron chi connectivity index (χ2n) is 6.29. The number of rotatable bonds is 4. The Hall–Kier alpha value is -3.68. The second kappa shape index (κ2) is 7.28. The summed E-state index contributed by atoms with van der Waals surface area (Å²) in [7, 11) is 0. The van der Waals surface area contributed by atoms with Crippen LogP contribution in [0.3, 0.4) is 0 Å². The minimum Gasteiger partial charge on any atom is -0.382 e. The summed E-state index contributed by atoms with van der Waals surface area (Å²) in [6.45, 7) is 5.38. The first-order chi connectivity index (χ1) is 12.8. The maximum absolute atomic E-state index is 12.5. The maximum Gasteiger partial charge on any atom is 0.280 e. The Balaban J connectivity index is 1.80. The van der Waals surface area contributed by atoms with E-state index >= 15 is 0 Å². The summed E-state index contributed by atoms with van der Waals surface area (Å²) in [5.41, 5.74) is 10.2. The van der Waals surface area contributed by atoms with Gasteiger partial charge in [0.05, 0.1) is 5.69 Å². The van der Waals surface area contributed by atoms with E-state index in [0.717, 1.165) is 16.8 Å². The third-order valence-corrected chi connectivity index (χ3v) is 3.83. The van der Waals surface area contributed by atoms with Gasteiger partial charge in [-0.2, -0.15) is 4.68 Å². The van der Waals surface area contributed by atoms with E-state index < -0.39 is 5.91 Å². The molecular formula is C19H20N6O2. The largest absolute Gasteiger partial charge is 0.382 e. The van der Waals surface area contributed by atoms with Gasteiger partial charge in [-0.25, -0.2) is 0 Å². The van der Waals surface area contributed by atoms with Crippen LogP contribution in [0, 0.1) is 13.8 Å². The van der Waals surface area contributed by atoms with Gasteiger partial charge in [0.25, 0.3) is 5.91 Å². The van der Waals surface area contributed by atoms with Gasteiger partial charge in [-0.1, -0.05) is 11.3 Å². The van der Waals surface area contributed by atoms with Crippen LogP contribution in [0.1, 0.15) is 28.5 Å². The predicted octanol–water partition coefficient (Wildman–Crippen LogP) is 2.68. The molecule has 4 N–H and O–H groups in total. The number of nitrogen functional groups attached to an aromatic ring is 1. The van der Waals surface area contributed by atoms with E-state index in [1.807, 2.05) is 32.0 Å². The van der Waals surface area contributed by atoms with Crippen LogP contribution in [0.25, 0.3) is 5.69 Å². The number of nitrogens with one attached hydrogen (secondary N) is 2. The Kier molecular flexibility index (Phi) is 4.89. The molecule has 0 aliphatic carbocycles. The van der Waals surface area contributed by atoms with Crippen molar-refractivity contribution < 1.29 is 9.59 Å². The van der Waals surface area contributed by atoms with Gasteiger partial charge >= 0.3 is 0 Å². The zero-order valence-electron chi connectivity index (χ0n) is 15.3. The van der Waals surface area contributed by atoms with Gasteiger partial charge in [-0.05, 0) is 61.4 Å². The molecule has 0 spiro atoms. The quantitative estimate of drug-likeness (QED) is 0.658. The van der Waals surface area contributed by atoms with Gasteiger partial charge in [0.15, 0.2) is 11.5 Å². The number of hydrogen-bond acceptors (Lipinski definition) is 5. The molecule has 0 unspecified atom stereocenters. The van der Waals surface area contributed by atoms with E-state index in [2.05, 4.69) is 20.9 Å². The van der Waals surface area contributed by atoms with Crippen molar-refractivity contribution in [2.75, 3.05) is 16.4 Å². The van der Waals surface area contributed by atoms with Crippen LogP contribution in [0.15, 0.2) is 42.5 Å². The summed E-state index contributed by atoms with van der Waals surface area (Å²) in [4.78, 5) is 23.5. The molecule has 0 saturated heterocycles. The molecule has 1 heterocycles. The van der Waals surface area contributed by atoms with E-state index in [-0.39, 0.29) is 17.4 Å². The van der Waals surface area contributed by atoms with Gasteiger partial charge in [-0.3, -0.25) is 9.59 Å². The van der Waals surface area contributed by atoms with Crippen LogP contribution < -0.4 is 16.4 Å². The highest BCUT2D eigenvalue weighted by Crippen LogP contribution is 2.20. The average molecular weight is 364 g/mol. The average Bonchev–Trinajstić information content (AvgIpc) is 2.97. The summed E-state index contributed by atoms with van der Waals surface area (Å²) < 4.78 is 1.44. The van der Waals surface area contributed by atoms with Crippen LogP contribution in [-0.4, -0.2) is 26.8 Å². The van der Waals surface area contributed by atoms with E-state index in [4.69, 9.17) is 5.73 Å². The SMILES string of the molecule is CC(=O)Nc1ccc(NC(=O)c2nnn(-c3cc(C)cc(C)c3)c2N)cc1. The Morgan fingerprint density at radius 2 is 1.52 bits per heavy atom. The molecule has 0 radical (unpaired) electrons. The molecule has 0 bridgehead atoms. The molecule has 8 heteroatoms. The summed E-state index contributed by atoms with van der Waals surface area (Å²) >= 11 is 0. The lowest BCUT2D eigenvalue weighted by molar-refractivity contribution is -0.114. The molecule has 3 rings (SSSR count). The normalized spacial score (nSPS) is 10.5. The van der Waals surface area contributed by atoms with E-state index in [0.29, 0.717) is 11.4 Å². The lowest BCUT2D eigenvalue weighted by atomic mass is 10.1. The van der Waals surface area contributed by atoms with Crippen molar-refractivity contribution in [1.29, 1.82) is 0 Å². The molecule has 1 aromatic heterocycles. The van der Waals surface area contributed by atoms with Crippen LogP contribution in [0.2, 0.25) is 0 Å². The molecule has 8 nitrogen and oxygen atoms in total. The highest BCUT2D eigenvalue weighted by Gasteiger charge is 2.19. The van der Waals surface area contributed by atoms with Gasteiger partial charge in [0.1, 0.15) is 0 Å². The number of benzene rings is 2.